The van der Waals surface area contributed by atoms with E-state index in [-0.39, 0.29) is 55.0 Å². The summed E-state index contributed by atoms with van der Waals surface area (Å²) < 4.78 is 59.4. The van der Waals surface area contributed by atoms with Gasteiger partial charge in [-0.15, -0.1) is 0 Å². The number of halogens is 4. The Labute approximate surface area is 252 Å². The highest BCUT2D eigenvalue weighted by atomic mass is 35.5. The van der Waals surface area contributed by atoms with E-state index in [2.05, 4.69) is 4.90 Å². The molecular formula is C31H32ClF3N2O4S. The summed E-state index contributed by atoms with van der Waals surface area (Å²) in [6.45, 7) is 3.11. The number of hydrogen-bond donors (Lipinski definition) is 0. The summed E-state index contributed by atoms with van der Waals surface area (Å²) in [6.07, 6.45) is -4.34. The third-order valence-corrected chi connectivity index (χ3v) is 8.72. The van der Waals surface area contributed by atoms with Gasteiger partial charge in [0.2, 0.25) is 0 Å². The quantitative estimate of drug-likeness (QED) is 0.191. The van der Waals surface area contributed by atoms with Crippen LogP contribution in [0.4, 0.5) is 13.2 Å². The first-order valence-corrected chi connectivity index (χ1v) is 14.7. The first-order chi connectivity index (χ1) is 20.1. The van der Waals surface area contributed by atoms with Gasteiger partial charge < -0.3 is 14.6 Å². The summed E-state index contributed by atoms with van der Waals surface area (Å²) in [6, 6.07) is 22.7. The number of carbonyl (C=O) groups is 1. The molecule has 1 heterocycles. The molecule has 0 spiro atoms. The van der Waals surface area contributed by atoms with Crippen LogP contribution in [0.3, 0.4) is 0 Å². The Kier molecular flexibility index (Phi) is 11.1. The molecule has 0 N–H and O–H groups in total. The maximum Gasteiger partial charge on any atom is 0.591 e. The molecule has 3 aromatic carbocycles. The van der Waals surface area contributed by atoms with Crippen LogP contribution < -0.4 is 5.11 Å². The second kappa shape index (κ2) is 14.5. The molecule has 0 bridgehead atoms. The smallest absolute Gasteiger partial charge is 0.548 e. The van der Waals surface area contributed by atoms with E-state index >= 15 is 0 Å². The summed E-state index contributed by atoms with van der Waals surface area (Å²) in [4.78, 5) is 13.5. The predicted octanol–water partition coefficient (Wildman–Crippen LogP) is 5.32. The van der Waals surface area contributed by atoms with Crippen LogP contribution in [0.2, 0.25) is 5.02 Å². The zero-order valence-corrected chi connectivity index (χ0v) is 24.6. The van der Waals surface area contributed by atoms with Crippen molar-refractivity contribution in [3.05, 3.63) is 106 Å². The average molecular weight is 621 g/mol. The molecule has 0 amide bonds. The Bertz CT molecular complexity index is 1290. The molecular weight excluding hydrogens is 589 g/mol. The monoisotopic (exact) mass is 620 g/mol. The van der Waals surface area contributed by atoms with Gasteiger partial charge in [0.05, 0.1) is 33.4 Å². The number of carboxylic acid groups (broad SMARTS) is 1. The van der Waals surface area contributed by atoms with Crippen LogP contribution in [-0.4, -0.2) is 53.1 Å². The lowest BCUT2D eigenvalue weighted by molar-refractivity contribution is -0.309. The lowest BCUT2D eigenvalue weighted by atomic mass is 9.90. The minimum Gasteiger partial charge on any atom is -0.548 e. The van der Waals surface area contributed by atoms with Crippen molar-refractivity contribution in [3.8, 4) is 0 Å². The van der Waals surface area contributed by atoms with Crippen LogP contribution >= 0.6 is 11.6 Å². The average Bonchev–Trinajstić information content (AvgIpc) is 3.40. The number of nitrogens with zero attached hydrogens (tertiary/aromatic N) is 2. The Balaban J connectivity index is 1.56. The number of hydrogen-bond acceptors (Lipinski definition) is 5. The van der Waals surface area contributed by atoms with Crippen molar-refractivity contribution in [2.45, 2.75) is 56.6 Å². The summed E-state index contributed by atoms with van der Waals surface area (Å²) in [5.41, 5.74) is 1.64. The molecule has 224 valence electrons. The van der Waals surface area contributed by atoms with Gasteiger partial charge in [-0.25, -0.2) is 0 Å². The molecule has 3 aromatic rings. The molecule has 1 aliphatic rings. The van der Waals surface area contributed by atoms with E-state index in [0.29, 0.717) is 18.5 Å². The van der Waals surface area contributed by atoms with Gasteiger partial charge in [-0.05, 0) is 40.4 Å². The van der Waals surface area contributed by atoms with Crippen molar-refractivity contribution < 1.29 is 32.0 Å². The van der Waals surface area contributed by atoms with Crippen molar-refractivity contribution in [2.24, 2.45) is 0 Å². The fourth-order valence-electron chi connectivity index (χ4n) is 5.32. The fraction of sp³-hybridized carbons (Fsp3) is 0.387. The Morgan fingerprint density at radius 1 is 1.07 bits per heavy atom. The number of alkyl halides is 3. The van der Waals surface area contributed by atoms with Gasteiger partial charge in [-0.3, -0.25) is 4.90 Å². The van der Waals surface area contributed by atoms with Crippen LogP contribution in [0.1, 0.15) is 47.9 Å². The third kappa shape index (κ3) is 8.14. The van der Waals surface area contributed by atoms with Crippen molar-refractivity contribution in [2.75, 3.05) is 19.7 Å². The predicted molar refractivity (Wildman–Crippen MR) is 154 cm³/mol. The van der Waals surface area contributed by atoms with E-state index in [1.54, 1.807) is 6.07 Å². The molecule has 1 fully saturated rings. The van der Waals surface area contributed by atoms with E-state index in [1.807, 2.05) is 67.6 Å². The van der Waals surface area contributed by atoms with E-state index in [1.165, 1.54) is 10.4 Å². The van der Waals surface area contributed by atoms with Gasteiger partial charge in [-0.1, -0.05) is 84.4 Å². The number of rotatable bonds is 13. The molecule has 4 rings (SSSR count). The fourth-order valence-corrected chi connectivity index (χ4v) is 6.12. The lowest BCUT2D eigenvalue weighted by Gasteiger charge is -2.34. The number of carbonyl (C=O) groups excluding carboxylic acids is 1. The Hall–Kier alpha value is -2.89. The second-order valence-corrected chi connectivity index (χ2v) is 11.5. The molecule has 0 aliphatic carbocycles. The van der Waals surface area contributed by atoms with Crippen LogP contribution in [0, 0.1) is 0 Å². The molecule has 0 saturated carbocycles. The van der Waals surface area contributed by atoms with Gasteiger partial charge >= 0.3 is 18.0 Å². The van der Waals surface area contributed by atoms with E-state index < -0.39 is 29.9 Å². The summed E-state index contributed by atoms with van der Waals surface area (Å²) in [5.74, 6) is -1.38. The maximum atomic E-state index is 13.6. The van der Waals surface area contributed by atoms with E-state index in [0.717, 1.165) is 17.2 Å². The molecule has 1 saturated heterocycles. The number of benzene rings is 3. The molecule has 0 radical (unpaired) electrons. The highest BCUT2D eigenvalue weighted by Gasteiger charge is 2.42. The number of aliphatic carboxylic acids is 1. The van der Waals surface area contributed by atoms with Crippen LogP contribution in [0.5, 0.6) is 0 Å². The van der Waals surface area contributed by atoms with Gasteiger partial charge in [0.15, 0.2) is 0 Å². The van der Waals surface area contributed by atoms with Gasteiger partial charge in [0, 0.05) is 38.1 Å². The van der Waals surface area contributed by atoms with Crippen molar-refractivity contribution in [1.82, 2.24) is 9.21 Å². The molecule has 42 heavy (non-hydrogen) atoms. The summed E-state index contributed by atoms with van der Waals surface area (Å²) in [5, 5.41) is 11.0. The van der Waals surface area contributed by atoms with Crippen molar-refractivity contribution >= 4 is 29.4 Å². The molecule has 0 aromatic heterocycles. The second-order valence-electron chi connectivity index (χ2n) is 10.5. The zero-order valence-electron chi connectivity index (χ0n) is 23.0. The lowest BCUT2D eigenvalue weighted by Crippen LogP contribution is -2.42. The van der Waals surface area contributed by atoms with Crippen molar-refractivity contribution in [3.63, 3.8) is 0 Å². The van der Waals surface area contributed by atoms with Crippen LogP contribution in [0.15, 0.2) is 78.9 Å². The summed E-state index contributed by atoms with van der Waals surface area (Å²) >= 11 is 6.42. The van der Waals surface area contributed by atoms with Crippen LogP contribution in [-0.2, 0) is 38.3 Å². The van der Waals surface area contributed by atoms with Crippen LogP contribution in [0.25, 0.3) is 0 Å². The molecule has 3 atom stereocenters. The highest BCUT2D eigenvalue weighted by Crippen LogP contribution is 2.37. The molecule has 11 heteroatoms. The molecule has 1 aliphatic heterocycles. The number of carboxylic acids is 1. The van der Waals surface area contributed by atoms with Gasteiger partial charge in [0.25, 0.3) is 0 Å². The highest BCUT2D eigenvalue weighted by molar-refractivity contribution is 7.62. The van der Waals surface area contributed by atoms with E-state index in [9.17, 15) is 27.3 Å². The molecule has 0 unspecified atom stereocenters. The van der Waals surface area contributed by atoms with Gasteiger partial charge in [-0.2, -0.15) is 13.2 Å². The van der Waals surface area contributed by atoms with Crippen molar-refractivity contribution in [1.29, 1.82) is 0 Å². The first kappa shape index (κ1) is 32.0. The maximum absolute atomic E-state index is 13.6. The standard InChI is InChI=1S/C31H32ClF3N2O4S/c1-21(15-16-41-25-17-28(30(38)39)37(19-25)42-40)36(18-24-13-8-14-27(29(24)32)31(33,34)35)20-26(22-9-4-2-5-10-22)23-11-6-3-7-12-23/h2-14,21,25-26,28H,15-20H2,1H3/t21-,25+,28+/m1/s1. The first-order valence-electron chi connectivity index (χ1n) is 13.7. The molecule has 6 nitrogen and oxygen atoms in total. The van der Waals surface area contributed by atoms with E-state index in [4.69, 9.17) is 16.3 Å². The minimum atomic E-state index is -4.57. The topological polar surface area (TPSA) is 72.9 Å². The Morgan fingerprint density at radius 2 is 1.69 bits per heavy atom. The number of ether oxygens (including phenoxy) is 1. The normalized spacial score (nSPS) is 18.5. The van der Waals surface area contributed by atoms with Gasteiger partial charge in [0.1, 0.15) is 6.04 Å². The SMILES string of the molecule is C[C@H](CCO[C@H]1C[C@@H](C(=O)[O-])N([S+]=O)C1)N(Cc1cccc(C(F)(F)F)c1Cl)CC(c1ccccc1)c1ccccc1. The Morgan fingerprint density at radius 3 is 2.21 bits per heavy atom. The minimum absolute atomic E-state index is 0.0679. The summed E-state index contributed by atoms with van der Waals surface area (Å²) in [7, 11) is 0. The largest absolute Gasteiger partial charge is 0.591 e. The third-order valence-electron chi connectivity index (χ3n) is 7.68. The zero-order chi connectivity index (χ0) is 30.3.